The number of nitriles is 1. The molecule has 0 aliphatic carbocycles. The summed E-state index contributed by atoms with van der Waals surface area (Å²) in [5, 5.41) is 14.5. The van der Waals surface area contributed by atoms with Crippen molar-refractivity contribution in [2.24, 2.45) is 0 Å². The summed E-state index contributed by atoms with van der Waals surface area (Å²) in [5.41, 5.74) is -0.598. The minimum atomic E-state index is -1.01. The van der Waals surface area contributed by atoms with E-state index < -0.39 is 16.7 Å². The number of nitrogens with zero attached hydrogens (tertiary/aromatic N) is 3. The van der Waals surface area contributed by atoms with Crippen LogP contribution in [0.3, 0.4) is 0 Å². The van der Waals surface area contributed by atoms with Gasteiger partial charge in [0.15, 0.2) is 0 Å². The van der Waals surface area contributed by atoms with E-state index in [2.05, 4.69) is 16.2 Å². The molecule has 0 spiro atoms. The Morgan fingerprint density at radius 3 is 2.42 bits per heavy atom. The third-order valence-corrected chi connectivity index (χ3v) is 4.66. The van der Waals surface area contributed by atoms with Crippen molar-refractivity contribution in [1.29, 1.82) is 5.26 Å². The van der Waals surface area contributed by atoms with Crippen molar-refractivity contribution in [3.05, 3.63) is 90.7 Å². The Bertz CT molecular complexity index is 1130. The summed E-state index contributed by atoms with van der Waals surface area (Å²) < 4.78 is 1.02. The summed E-state index contributed by atoms with van der Waals surface area (Å²) in [6, 6.07) is 14.0. The van der Waals surface area contributed by atoms with Gasteiger partial charge in [-0.25, -0.2) is 4.79 Å². The lowest BCUT2D eigenvalue weighted by Crippen LogP contribution is -2.30. The molecule has 0 amide bonds. The summed E-state index contributed by atoms with van der Waals surface area (Å²) in [6.45, 7) is 1.75. The van der Waals surface area contributed by atoms with Crippen molar-refractivity contribution < 1.29 is 0 Å². The Morgan fingerprint density at radius 1 is 1.15 bits per heavy atom. The lowest BCUT2D eigenvalue weighted by molar-refractivity contribution is 0.731. The fourth-order valence-corrected chi connectivity index (χ4v) is 3.13. The molecule has 0 fully saturated rings. The number of aromatic amines is 1. The molecule has 2 aromatic carbocycles. The molecule has 1 unspecified atom stereocenters. The molecule has 130 valence electrons. The zero-order valence-corrected chi connectivity index (χ0v) is 15.0. The second-order valence-electron chi connectivity index (χ2n) is 5.76. The first kappa shape index (κ1) is 17.9. The predicted molar refractivity (Wildman–Crippen MR) is 99.0 cm³/mol. The van der Waals surface area contributed by atoms with Crippen molar-refractivity contribution in [3.63, 3.8) is 0 Å². The van der Waals surface area contributed by atoms with Gasteiger partial charge in [-0.1, -0.05) is 41.4 Å². The van der Waals surface area contributed by atoms with Gasteiger partial charge in [-0.05, 0) is 42.3 Å². The molecule has 0 aliphatic heterocycles. The van der Waals surface area contributed by atoms with Crippen LogP contribution in [-0.2, 0) is 5.41 Å². The van der Waals surface area contributed by atoms with Crippen molar-refractivity contribution in [1.82, 2.24) is 14.8 Å². The minimum absolute atomic E-state index is 0.293. The zero-order valence-electron chi connectivity index (χ0n) is 13.5. The molecule has 0 saturated heterocycles. The van der Waals surface area contributed by atoms with Gasteiger partial charge in [0.25, 0.3) is 5.56 Å². The van der Waals surface area contributed by atoms with Crippen LogP contribution in [0, 0.1) is 11.3 Å². The average Bonchev–Trinajstić information content (AvgIpc) is 2.61. The predicted octanol–water partition coefficient (Wildman–Crippen LogP) is 3.06. The van der Waals surface area contributed by atoms with E-state index in [1.165, 1.54) is 6.07 Å². The van der Waals surface area contributed by atoms with Crippen LogP contribution in [-0.4, -0.2) is 14.8 Å². The second kappa shape index (κ2) is 6.79. The number of hydrogen-bond donors (Lipinski definition) is 1. The molecule has 1 aromatic heterocycles. The number of aromatic nitrogens is 3. The highest BCUT2D eigenvalue weighted by Gasteiger charge is 2.31. The lowest BCUT2D eigenvalue weighted by Gasteiger charge is -2.24. The monoisotopic (exact) mass is 386 g/mol. The normalized spacial score (nSPS) is 13.0. The molecule has 0 radical (unpaired) electrons. The van der Waals surface area contributed by atoms with Crippen molar-refractivity contribution in [3.8, 4) is 11.8 Å². The Kier molecular flexibility index (Phi) is 4.68. The molecular weight excluding hydrogens is 375 g/mol. The quantitative estimate of drug-likeness (QED) is 0.748. The van der Waals surface area contributed by atoms with Crippen molar-refractivity contribution >= 4 is 23.2 Å². The standard InChI is InChI=1S/C18H12Cl2N4O2/c1-18(10-21,11-2-4-12(19)5-3-11)14-7-6-13(8-15(14)20)24-17(26)23-16(25)9-22-24/h2-9H,1H3,(H,23,25,26). The first-order chi connectivity index (χ1) is 12.3. The molecule has 8 heteroatoms. The summed E-state index contributed by atoms with van der Waals surface area (Å²) in [4.78, 5) is 25.1. The van der Waals surface area contributed by atoms with Gasteiger partial charge >= 0.3 is 5.69 Å². The number of H-pyrrole nitrogens is 1. The van der Waals surface area contributed by atoms with Gasteiger partial charge in [-0.3, -0.25) is 9.78 Å². The summed E-state index contributed by atoms with van der Waals surface area (Å²) in [5.74, 6) is 0. The van der Waals surface area contributed by atoms with E-state index in [4.69, 9.17) is 23.2 Å². The van der Waals surface area contributed by atoms with Gasteiger partial charge in [0.1, 0.15) is 11.6 Å². The van der Waals surface area contributed by atoms with Crippen molar-refractivity contribution in [2.45, 2.75) is 12.3 Å². The van der Waals surface area contributed by atoms with Crippen molar-refractivity contribution in [2.75, 3.05) is 0 Å². The van der Waals surface area contributed by atoms with Crippen LogP contribution in [0.15, 0.2) is 58.3 Å². The van der Waals surface area contributed by atoms with E-state index >= 15 is 0 Å². The number of halogens is 2. The molecule has 3 rings (SSSR count). The third kappa shape index (κ3) is 3.15. The van der Waals surface area contributed by atoms with Gasteiger partial charge in [0.2, 0.25) is 0 Å². The number of nitrogens with one attached hydrogen (secondary N) is 1. The van der Waals surface area contributed by atoms with Gasteiger partial charge in [0.05, 0.1) is 11.8 Å². The van der Waals surface area contributed by atoms with Crippen LogP contribution in [0.1, 0.15) is 18.1 Å². The SMILES string of the molecule is CC(C#N)(c1ccc(Cl)cc1)c1ccc(-n2ncc(=O)[nH]c2=O)cc1Cl. The van der Waals surface area contributed by atoms with Gasteiger partial charge in [0, 0.05) is 10.0 Å². The van der Waals surface area contributed by atoms with E-state index in [0.29, 0.717) is 21.3 Å². The number of benzene rings is 2. The smallest absolute Gasteiger partial charge is 0.271 e. The zero-order chi connectivity index (χ0) is 18.9. The first-order valence-electron chi connectivity index (χ1n) is 7.51. The van der Waals surface area contributed by atoms with Crippen LogP contribution < -0.4 is 11.2 Å². The Morgan fingerprint density at radius 2 is 1.85 bits per heavy atom. The summed E-state index contributed by atoms with van der Waals surface area (Å²) in [6.07, 6.45) is 0.996. The summed E-state index contributed by atoms with van der Waals surface area (Å²) >= 11 is 12.3. The third-order valence-electron chi connectivity index (χ3n) is 4.09. The van der Waals surface area contributed by atoms with E-state index in [1.54, 1.807) is 43.3 Å². The van der Waals surface area contributed by atoms with E-state index in [0.717, 1.165) is 16.4 Å². The van der Waals surface area contributed by atoms with Crippen LogP contribution in [0.2, 0.25) is 10.0 Å². The van der Waals surface area contributed by atoms with Gasteiger partial charge in [-0.2, -0.15) is 15.0 Å². The minimum Gasteiger partial charge on any atom is -0.271 e. The molecule has 1 atom stereocenters. The maximum Gasteiger partial charge on any atom is 0.349 e. The number of rotatable bonds is 3. The van der Waals surface area contributed by atoms with E-state index in [9.17, 15) is 14.9 Å². The first-order valence-corrected chi connectivity index (χ1v) is 8.27. The maximum atomic E-state index is 11.9. The van der Waals surface area contributed by atoms with Gasteiger partial charge in [-0.15, -0.1) is 0 Å². The Balaban J connectivity index is 2.12. The molecule has 0 aliphatic rings. The number of hydrogen-bond acceptors (Lipinski definition) is 4. The highest BCUT2D eigenvalue weighted by Crippen LogP contribution is 2.37. The molecular formula is C18H12Cl2N4O2. The topological polar surface area (TPSA) is 91.5 Å². The Hall–Kier alpha value is -2.88. The molecule has 1 heterocycles. The van der Waals surface area contributed by atoms with Crippen LogP contribution in [0.25, 0.3) is 5.69 Å². The second-order valence-corrected chi connectivity index (χ2v) is 6.60. The Labute approximate surface area is 158 Å². The van der Waals surface area contributed by atoms with Gasteiger partial charge < -0.3 is 0 Å². The molecule has 3 aromatic rings. The van der Waals surface area contributed by atoms with Crippen LogP contribution in [0.5, 0.6) is 0 Å². The largest absolute Gasteiger partial charge is 0.349 e. The fourth-order valence-electron chi connectivity index (χ4n) is 2.64. The fraction of sp³-hybridized carbons (Fsp3) is 0.111. The van der Waals surface area contributed by atoms with Crippen LogP contribution in [0.4, 0.5) is 0 Å². The molecule has 1 N–H and O–H groups in total. The molecule has 0 saturated carbocycles. The molecule has 26 heavy (non-hydrogen) atoms. The molecule has 6 nitrogen and oxygen atoms in total. The highest BCUT2D eigenvalue weighted by atomic mass is 35.5. The van der Waals surface area contributed by atoms with E-state index in [1.807, 2.05) is 0 Å². The van der Waals surface area contributed by atoms with E-state index in [-0.39, 0.29) is 0 Å². The highest BCUT2D eigenvalue weighted by molar-refractivity contribution is 6.32. The summed E-state index contributed by atoms with van der Waals surface area (Å²) in [7, 11) is 0. The average molecular weight is 387 g/mol. The molecule has 0 bridgehead atoms. The van der Waals surface area contributed by atoms with Crippen LogP contribution >= 0.6 is 23.2 Å². The maximum absolute atomic E-state index is 11.9. The lowest BCUT2D eigenvalue weighted by atomic mass is 9.77.